The van der Waals surface area contributed by atoms with Crippen LogP contribution in [0.1, 0.15) is 18.1 Å². The number of carbonyl (C=O) groups is 1. The molecule has 0 unspecified atom stereocenters. The molecule has 0 spiro atoms. The lowest BCUT2D eigenvalue weighted by molar-refractivity contribution is -0.119. The average molecular weight is 574 g/mol. The van der Waals surface area contributed by atoms with Crippen LogP contribution < -0.4 is 23.9 Å². The average Bonchev–Trinajstić information content (AvgIpc) is 3.31. The Hall–Kier alpha value is -3.57. The van der Waals surface area contributed by atoms with E-state index in [2.05, 4.69) is 26.5 Å². The lowest BCUT2D eigenvalue weighted by Gasteiger charge is -2.24. The zero-order chi connectivity index (χ0) is 25.7. The molecule has 9 nitrogen and oxygen atoms in total. The van der Waals surface area contributed by atoms with Crippen molar-refractivity contribution >= 4 is 43.8 Å². The maximum absolute atomic E-state index is 13.5. The molecular formula is C25H24BrN3O6S. The summed E-state index contributed by atoms with van der Waals surface area (Å²) in [4.78, 5) is 12.9. The molecule has 0 saturated heterocycles. The summed E-state index contributed by atoms with van der Waals surface area (Å²) in [7, 11) is -4.04. The number of carbonyl (C=O) groups excluding carboxylic acids is 1. The van der Waals surface area contributed by atoms with Crippen LogP contribution in [0.3, 0.4) is 0 Å². The standard InChI is InChI=1S/C25H24BrN3O6S/c1-3-33-20-8-6-19(7-9-20)29(36(31,32)21-10-4-17(2)5-11-21)15-25(30)28-27-14-18-12-23-24(13-22(18)26)35-16-34-23/h4-14H,3,15-16H2,1-2H3,(H,28,30)/b27-14-. The van der Waals surface area contributed by atoms with Gasteiger partial charge in [-0.3, -0.25) is 9.10 Å². The number of rotatable bonds is 9. The molecule has 36 heavy (non-hydrogen) atoms. The number of halogens is 1. The van der Waals surface area contributed by atoms with E-state index >= 15 is 0 Å². The van der Waals surface area contributed by atoms with Crippen molar-refractivity contribution in [3.63, 3.8) is 0 Å². The van der Waals surface area contributed by atoms with Crippen LogP contribution in [-0.2, 0) is 14.8 Å². The molecule has 0 atom stereocenters. The molecule has 0 aliphatic carbocycles. The van der Waals surface area contributed by atoms with E-state index in [1.54, 1.807) is 48.5 Å². The SMILES string of the molecule is CCOc1ccc(N(CC(=O)N/N=C\c2cc3c(cc2Br)OCO3)S(=O)(=O)c2ccc(C)cc2)cc1. The maximum Gasteiger partial charge on any atom is 0.264 e. The summed E-state index contributed by atoms with van der Waals surface area (Å²) < 4.78 is 44.8. The first-order valence-electron chi connectivity index (χ1n) is 11.0. The van der Waals surface area contributed by atoms with Gasteiger partial charge in [0.1, 0.15) is 12.3 Å². The van der Waals surface area contributed by atoms with Gasteiger partial charge in [0.25, 0.3) is 15.9 Å². The van der Waals surface area contributed by atoms with Gasteiger partial charge >= 0.3 is 0 Å². The number of benzene rings is 3. The number of ether oxygens (including phenoxy) is 3. The molecule has 0 aromatic heterocycles. The molecule has 1 heterocycles. The van der Waals surface area contributed by atoms with Crippen molar-refractivity contribution in [3.05, 3.63) is 76.3 Å². The molecule has 3 aromatic carbocycles. The van der Waals surface area contributed by atoms with Crippen LogP contribution >= 0.6 is 15.9 Å². The Bertz CT molecular complexity index is 1380. The van der Waals surface area contributed by atoms with Crippen molar-refractivity contribution < 1.29 is 27.4 Å². The highest BCUT2D eigenvalue weighted by Crippen LogP contribution is 2.36. The van der Waals surface area contributed by atoms with Crippen LogP contribution in [0, 0.1) is 6.92 Å². The van der Waals surface area contributed by atoms with Crippen LogP contribution in [-0.4, -0.2) is 40.5 Å². The molecule has 1 N–H and O–H groups in total. The fourth-order valence-electron chi connectivity index (χ4n) is 3.40. The predicted octanol–water partition coefficient (Wildman–Crippen LogP) is 4.23. The summed E-state index contributed by atoms with van der Waals surface area (Å²) in [5.41, 5.74) is 4.28. The summed E-state index contributed by atoms with van der Waals surface area (Å²) >= 11 is 3.42. The van der Waals surface area contributed by atoms with Crippen molar-refractivity contribution in [2.45, 2.75) is 18.7 Å². The van der Waals surface area contributed by atoms with Gasteiger partial charge < -0.3 is 14.2 Å². The third-order valence-electron chi connectivity index (χ3n) is 5.22. The lowest BCUT2D eigenvalue weighted by atomic mass is 10.2. The van der Waals surface area contributed by atoms with E-state index < -0.39 is 22.5 Å². The Morgan fingerprint density at radius 3 is 2.44 bits per heavy atom. The zero-order valence-corrected chi connectivity index (χ0v) is 22.0. The second kappa shape index (κ2) is 11.0. The fraction of sp³-hybridized carbons (Fsp3) is 0.200. The van der Waals surface area contributed by atoms with E-state index in [0.29, 0.717) is 39.6 Å². The smallest absolute Gasteiger partial charge is 0.264 e. The molecule has 11 heteroatoms. The van der Waals surface area contributed by atoms with Gasteiger partial charge in [-0.05, 0) is 78.3 Å². The van der Waals surface area contributed by atoms with Crippen LogP contribution in [0.15, 0.2) is 75.1 Å². The topological polar surface area (TPSA) is 107 Å². The molecule has 0 saturated carbocycles. The van der Waals surface area contributed by atoms with Gasteiger partial charge in [0.2, 0.25) is 6.79 Å². The Balaban J connectivity index is 1.55. The molecule has 3 aromatic rings. The van der Waals surface area contributed by atoms with Crippen molar-refractivity contribution in [1.29, 1.82) is 0 Å². The summed E-state index contributed by atoms with van der Waals surface area (Å²) in [6.07, 6.45) is 1.43. The highest BCUT2D eigenvalue weighted by molar-refractivity contribution is 9.10. The number of hydrogen-bond donors (Lipinski definition) is 1. The van der Waals surface area contributed by atoms with Gasteiger partial charge in [-0.15, -0.1) is 0 Å². The number of amides is 1. The number of fused-ring (bicyclic) bond motifs is 1. The first-order chi connectivity index (χ1) is 17.3. The van der Waals surface area contributed by atoms with Crippen molar-refractivity contribution in [3.8, 4) is 17.2 Å². The van der Waals surface area contributed by atoms with Gasteiger partial charge in [-0.2, -0.15) is 5.10 Å². The Kier molecular flexibility index (Phi) is 7.80. The first kappa shape index (κ1) is 25.5. The number of aryl methyl sites for hydroxylation is 1. The summed E-state index contributed by atoms with van der Waals surface area (Å²) in [5.74, 6) is 1.15. The van der Waals surface area contributed by atoms with Crippen molar-refractivity contribution in [2.75, 3.05) is 24.2 Å². The Morgan fingerprint density at radius 1 is 1.11 bits per heavy atom. The number of hydrazone groups is 1. The summed E-state index contributed by atoms with van der Waals surface area (Å²) in [5, 5.41) is 3.99. The zero-order valence-electron chi connectivity index (χ0n) is 19.6. The van der Waals surface area contributed by atoms with Crippen LogP contribution in [0.5, 0.6) is 17.2 Å². The molecule has 0 radical (unpaired) electrons. The summed E-state index contributed by atoms with van der Waals surface area (Å²) in [6.45, 7) is 3.85. The highest BCUT2D eigenvalue weighted by Gasteiger charge is 2.27. The normalized spacial score (nSPS) is 12.5. The minimum atomic E-state index is -4.04. The number of sulfonamides is 1. The van der Waals surface area contributed by atoms with E-state index in [1.807, 2.05) is 13.8 Å². The lowest BCUT2D eigenvalue weighted by Crippen LogP contribution is -2.39. The second-order valence-electron chi connectivity index (χ2n) is 7.77. The summed E-state index contributed by atoms with van der Waals surface area (Å²) in [6, 6.07) is 16.4. The van der Waals surface area contributed by atoms with E-state index in [4.69, 9.17) is 14.2 Å². The highest BCUT2D eigenvalue weighted by atomic mass is 79.9. The third-order valence-corrected chi connectivity index (χ3v) is 7.69. The number of hydrogen-bond acceptors (Lipinski definition) is 7. The van der Waals surface area contributed by atoms with E-state index in [-0.39, 0.29) is 11.7 Å². The molecule has 1 aliphatic rings. The number of nitrogens with one attached hydrogen (secondary N) is 1. The minimum absolute atomic E-state index is 0.0718. The Labute approximate surface area is 217 Å². The molecule has 188 valence electrons. The largest absolute Gasteiger partial charge is 0.494 e. The van der Waals surface area contributed by atoms with Crippen molar-refractivity contribution in [2.24, 2.45) is 5.10 Å². The molecular weight excluding hydrogens is 550 g/mol. The van der Waals surface area contributed by atoms with Gasteiger partial charge in [0.05, 0.1) is 23.4 Å². The second-order valence-corrected chi connectivity index (χ2v) is 10.5. The van der Waals surface area contributed by atoms with Crippen molar-refractivity contribution in [1.82, 2.24) is 5.43 Å². The molecule has 1 aliphatic heterocycles. The van der Waals surface area contributed by atoms with Gasteiger partial charge in [0, 0.05) is 10.0 Å². The number of nitrogens with zero attached hydrogens (tertiary/aromatic N) is 2. The Morgan fingerprint density at radius 2 is 1.78 bits per heavy atom. The van der Waals surface area contributed by atoms with Gasteiger partial charge in [-0.25, -0.2) is 13.8 Å². The third kappa shape index (κ3) is 5.80. The number of anilines is 1. The molecule has 4 rings (SSSR count). The molecule has 0 fully saturated rings. The van der Waals surface area contributed by atoms with Crippen LogP contribution in [0.25, 0.3) is 0 Å². The van der Waals surface area contributed by atoms with Crippen LogP contribution in [0.2, 0.25) is 0 Å². The van der Waals surface area contributed by atoms with Crippen LogP contribution in [0.4, 0.5) is 5.69 Å². The predicted molar refractivity (Wildman–Crippen MR) is 139 cm³/mol. The molecule has 1 amide bonds. The van der Waals surface area contributed by atoms with Gasteiger partial charge in [-0.1, -0.05) is 17.7 Å². The minimum Gasteiger partial charge on any atom is -0.494 e. The quantitative estimate of drug-likeness (QED) is 0.303. The maximum atomic E-state index is 13.5. The monoisotopic (exact) mass is 573 g/mol. The van der Waals surface area contributed by atoms with E-state index in [1.165, 1.54) is 18.3 Å². The van der Waals surface area contributed by atoms with E-state index in [9.17, 15) is 13.2 Å². The van der Waals surface area contributed by atoms with E-state index in [0.717, 1.165) is 9.87 Å². The van der Waals surface area contributed by atoms with Gasteiger partial charge in [0.15, 0.2) is 11.5 Å². The fourth-order valence-corrected chi connectivity index (χ4v) is 5.24. The molecule has 0 bridgehead atoms. The first-order valence-corrected chi connectivity index (χ1v) is 13.2.